The highest BCUT2D eigenvalue weighted by Gasteiger charge is 2.17. The summed E-state index contributed by atoms with van der Waals surface area (Å²) < 4.78 is 5.75. The molecule has 15 heavy (non-hydrogen) atoms. The fourth-order valence-electron chi connectivity index (χ4n) is 1.05. The maximum atomic E-state index is 10.9. The Balaban J connectivity index is 3.11. The molecule has 0 aromatic heterocycles. The molecule has 1 N–H and O–H groups in total. The van der Waals surface area contributed by atoms with Crippen molar-refractivity contribution in [3.63, 3.8) is 0 Å². The Bertz CT molecular complexity index is 379. The molecular weight excluding hydrogens is 283 g/mol. The van der Waals surface area contributed by atoms with Gasteiger partial charge in [-0.3, -0.25) is 0 Å². The fraction of sp³-hybridized carbons (Fsp3) is 0.300. The molecule has 0 spiro atoms. The second kappa shape index (κ2) is 5.37. The van der Waals surface area contributed by atoms with Crippen molar-refractivity contribution in [1.82, 2.24) is 0 Å². The van der Waals surface area contributed by atoms with Crippen LogP contribution in [-0.2, 0) is 0 Å². The van der Waals surface area contributed by atoms with Crippen LogP contribution in [0.15, 0.2) is 16.6 Å². The van der Waals surface area contributed by atoms with Crippen molar-refractivity contribution in [2.45, 2.75) is 13.3 Å². The van der Waals surface area contributed by atoms with Gasteiger partial charge in [-0.1, -0.05) is 18.5 Å². The van der Waals surface area contributed by atoms with Crippen LogP contribution in [0, 0.1) is 0 Å². The summed E-state index contributed by atoms with van der Waals surface area (Å²) >= 11 is 8.94. The molecule has 0 saturated carbocycles. The number of hydrogen-bond donors (Lipinski definition) is 1. The number of hydrogen-bond acceptors (Lipinski definition) is 2. The SMILES string of the molecule is CCCOc1ccc(Cl)c(C(=O)O)c1Br. The number of ether oxygens (including phenoxy) is 1. The second-order valence-electron chi connectivity index (χ2n) is 2.89. The molecule has 0 radical (unpaired) electrons. The lowest BCUT2D eigenvalue weighted by Gasteiger charge is -2.09. The van der Waals surface area contributed by atoms with E-state index in [0.717, 1.165) is 6.42 Å². The molecule has 0 aliphatic rings. The van der Waals surface area contributed by atoms with E-state index < -0.39 is 5.97 Å². The van der Waals surface area contributed by atoms with E-state index in [9.17, 15) is 4.79 Å². The van der Waals surface area contributed by atoms with Crippen LogP contribution in [0.25, 0.3) is 0 Å². The Labute approximate surface area is 101 Å². The lowest BCUT2D eigenvalue weighted by atomic mass is 10.2. The molecule has 0 heterocycles. The summed E-state index contributed by atoms with van der Waals surface area (Å²) in [5.74, 6) is -0.576. The second-order valence-corrected chi connectivity index (χ2v) is 4.09. The number of carboxylic acids is 1. The molecule has 0 fully saturated rings. The van der Waals surface area contributed by atoms with E-state index in [1.807, 2.05) is 6.92 Å². The quantitative estimate of drug-likeness (QED) is 0.923. The summed E-state index contributed by atoms with van der Waals surface area (Å²) in [6.07, 6.45) is 0.859. The van der Waals surface area contributed by atoms with Crippen molar-refractivity contribution in [2.24, 2.45) is 0 Å². The standard InChI is InChI=1S/C10H10BrClO3/c1-2-5-15-7-4-3-6(12)8(9(7)11)10(13)14/h3-4H,2,5H2,1H3,(H,13,14). The first-order chi connectivity index (χ1) is 7.07. The molecule has 0 amide bonds. The normalized spacial score (nSPS) is 10.1. The number of halogens is 2. The topological polar surface area (TPSA) is 46.5 Å². The zero-order valence-corrected chi connectivity index (χ0v) is 10.4. The first-order valence-electron chi connectivity index (χ1n) is 4.42. The van der Waals surface area contributed by atoms with Crippen molar-refractivity contribution in [3.8, 4) is 5.75 Å². The largest absolute Gasteiger partial charge is 0.492 e. The van der Waals surface area contributed by atoms with E-state index in [2.05, 4.69) is 15.9 Å². The van der Waals surface area contributed by atoms with Crippen molar-refractivity contribution in [3.05, 3.63) is 27.2 Å². The highest BCUT2D eigenvalue weighted by atomic mass is 79.9. The first-order valence-corrected chi connectivity index (χ1v) is 5.59. The summed E-state index contributed by atoms with van der Waals surface area (Å²) in [4.78, 5) is 10.9. The van der Waals surface area contributed by atoms with Crippen LogP contribution in [0.4, 0.5) is 0 Å². The maximum absolute atomic E-state index is 10.9. The Morgan fingerprint density at radius 3 is 2.80 bits per heavy atom. The average Bonchev–Trinajstić information content (AvgIpc) is 2.16. The van der Waals surface area contributed by atoms with Gasteiger partial charge in [0.2, 0.25) is 0 Å². The third-order valence-electron chi connectivity index (χ3n) is 1.73. The number of rotatable bonds is 4. The van der Waals surface area contributed by atoms with Crippen LogP contribution < -0.4 is 4.74 Å². The maximum Gasteiger partial charge on any atom is 0.338 e. The number of aromatic carboxylic acids is 1. The summed E-state index contributed by atoms with van der Waals surface area (Å²) in [7, 11) is 0. The molecule has 0 aliphatic heterocycles. The van der Waals surface area contributed by atoms with Gasteiger partial charge in [-0.05, 0) is 34.5 Å². The summed E-state index contributed by atoms with van der Waals surface area (Å²) in [6, 6.07) is 3.16. The van der Waals surface area contributed by atoms with E-state index in [1.54, 1.807) is 6.07 Å². The van der Waals surface area contributed by atoms with Gasteiger partial charge in [0.05, 0.1) is 21.7 Å². The zero-order valence-electron chi connectivity index (χ0n) is 8.09. The van der Waals surface area contributed by atoms with Crippen molar-refractivity contribution >= 4 is 33.5 Å². The van der Waals surface area contributed by atoms with Gasteiger partial charge in [-0.15, -0.1) is 0 Å². The third kappa shape index (κ3) is 2.86. The molecule has 1 aromatic carbocycles. The van der Waals surface area contributed by atoms with E-state index >= 15 is 0 Å². The highest BCUT2D eigenvalue weighted by Crippen LogP contribution is 2.33. The Kier molecular flexibility index (Phi) is 4.42. The number of carboxylic acid groups (broad SMARTS) is 1. The first kappa shape index (κ1) is 12.3. The third-order valence-corrected chi connectivity index (χ3v) is 2.83. The van der Waals surface area contributed by atoms with Crippen LogP contribution in [0.2, 0.25) is 5.02 Å². The molecule has 0 unspecified atom stereocenters. The Hall–Kier alpha value is -0.740. The lowest BCUT2D eigenvalue weighted by molar-refractivity contribution is 0.0695. The number of carbonyl (C=O) groups is 1. The smallest absolute Gasteiger partial charge is 0.338 e. The summed E-state index contributed by atoms with van der Waals surface area (Å²) in [6.45, 7) is 2.52. The van der Waals surface area contributed by atoms with Gasteiger partial charge in [0.1, 0.15) is 5.75 Å². The molecular formula is C10H10BrClO3. The molecule has 0 atom stereocenters. The number of benzene rings is 1. The zero-order chi connectivity index (χ0) is 11.4. The molecule has 82 valence electrons. The van der Waals surface area contributed by atoms with E-state index in [0.29, 0.717) is 16.8 Å². The van der Waals surface area contributed by atoms with Gasteiger partial charge >= 0.3 is 5.97 Å². The molecule has 3 nitrogen and oxygen atoms in total. The molecule has 0 aliphatic carbocycles. The van der Waals surface area contributed by atoms with Gasteiger partial charge in [0.15, 0.2) is 0 Å². The molecule has 1 rings (SSSR count). The van der Waals surface area contributed by atoms with Gasteiger partial charge in [0.25, 0.3) is 0 Å². The van der Waals surface area contributed by atoms with Gasteiger partial charge in [-0.25, -0.2) is 4.79 Å². The van der Waals surface area contributed by atoms with Crippen LogP contribution in [-0.4, -0.2) is 17.7 Å². The van der Waals surface area contributed by atoms with Crippen LogP contribution in [0.1, 0.15) is 23.7 Å². The molecule has 0 saturated heterocycles. The van der Waals surface area contributed by atoms with Crippen molar-refractivity contribution < 1.29 is 14.6 Å². The molecule has 0 bridgehead atoms. The van der Waals surface area contributed by atoms with E-state index in [4.69, 9.17) is 21.4 Å². The summed E-state index contributed by atoms with van der Waals surface area (Å²) in [5.41, 5.74) is 0.0327. The van der Waals surface area contributed by atoms with Crippen LogP contribution >= 0.6 is 27.5 Å². The van der Waals surface area contributed by atoms with Crippen molar-refractivity contribution in [1.29, 1.82) is 0 Å². The van der Waals surface area contributed by atoms with Crippen LogP contribution in [0.5, 0.6) is 5.75 Å². The van der Waals surface area contributed by atoms with Gasteiger partial charge in [-0.2, -0.15) is 0 Å². The van der Waals surface area contributed by atoms with Crippen molar-refractivity contribution in [2.75, 3.05) is 6.61 Å². The Morgan fingerprint density at radius 1 is 1.60 bits per heavy atom. The van der Waals surface area contributed by atoms with Gasteiger partial charge in [0, 0.05) is 0 Å². The van der Waals surface area contributed by atoms with E-state index in [-0.39, 0.29) is 10.6 Å². The monoisotopic (exact) mass is 292 g/mol. The molecule has 1 aromatic rings. The predicted octanol–water partition coefficient (Wildman–Crippen LogP) is 3.59. The average molecular weight is 294 g/mol. The van der Waals surface area contributed by atoms with Crippen LogP contribution in [0.3, 0.4) is 0 Å². The minimum Gasteiger partial charge on any atom is -0.492 e. The predicted molar refractivity (Wildman–Crippen MR) is 61.9 cm³/mol. The lowest BCUT2D eigenvalue weighted by Crippen LogP contribution is -2.02. The van der Waals surface area contributed by atoms with Gasteiger partial charge < -0.3 is 9.84 Å². The minimum absolute atomic E-state index is 0.0327. The fourth-order valence-corrected chi connectivity index (χ4v) is 2.04. The van der Waals surface area contributed by atoms with E-state index in [1.165, 1.54) is 6.07 Å². The Morgan fingerprint density at radius 2 is 2.27 bits per heavy atom. The highest BCUT2D eigenvalue weighted by molar-refractivity contribution is 9.10. The molecule has 5 heteroatoms. The minimum atomic E-state index is -1.08. The summed E-state index contributed by atoms with van der Waals surface area (Å²) in [5, 5.41) is 9.12.